The summed E-state index contributed by atoms with van der Waals surface area (Å²) in [5, 5.41) is 0.689. The van der Waals surface area contributed by atoms with Gasteiger partial charge >= 0.3 is 0 Å². The zero-order chi connectivity index (χ0) is 19.0. The maximum Gasteiger partial charge on any atom is 0.263 e. The number of carbonyl (C=O) groups is 1. The van der Waals surface area contributed by atoms with Crippen molar-refractivity contribution in [2.75, 3.05) is 26.2 Å². The average Bonchev–Trinajstić information content (AvgIpc) is 3.27. The minimum Gasteiger partial charge on any atom is -0.341 e. The van der Waals surface area contributed by atoms with Crippen molar-refractivity contribution in [3.8, 4) is 0 Å². The van der Waals surface area contributed by atoms with Crippen molar-refractivity contribution in [1.82, 2.24) is 19.4 Å². The maximum atomic E-state index is 13.3. The van der Waals surface area contributed by atoms with Crippen molar-refractivity contribution in [3.63, 3.8) is 0 Å². The highest BCUT2D eigenvalue weighted by Crippen LogP contribution is 2.27. The number of rotatable bonds is 4. The molecule has 2 aromatic rings. The molecule has 6 nitrogen and oxygen atoms in total. The number of nitrogens with zero attached hydrogens (tertiary/aromatic N) is 4. The van der Waals surface area contributed by atoms with Gasteiger partial charge in [-0.05, 0) is 64.6 Å². The molecule has 146 valence electrons. The molecule has 0 spiro atoms. The van der Waals surface area contributed by atoms with E-state index in [0.717, 1.165) is 60.1 Å². The zero-order valence-corrected chi connectivity index (χ0v) is 17.1. The summed E-state index contributed by atoms with van der Waals surface area (Å²) in [4.78, 5) is 37.2. The van der Waals surface area contributed by atoms with E-state index < -0.39 is 0 Å². The Hall–Kier alpha value is -1.73. The van der Waals surface area contributed by atoms with E-state index in [1.54, 1.807) is 15.9 Å². The highest BCUT2D eigenvalue weighted by Gasteiger charge is 2.23. The molecule has 0 N–H and O–H groups in total. The first-order valence-corrected chi connectivity index (χ1v) is 10.9. The average molecular weight is 389 g/mol. The van der Waals surface area contributed by atoms with Gasteiger partial charge in [0.2, 0.25) is 5.91 Å². The summed E-state index contributed by atoms with van der Waals surface area (Å²) >= 11 is 1.58. The van der Waals surface area contributed by atoms with Crippen molar-refractivity contribution in [3.05, 3.63) is 26.6 Å². The summed E-state index contributed by atoms with van der Waals surface area (Å²) in [5.74, 6) is 0.784. The van der Waals surface area contributed by atoms with Crippen LogP contribution in [0.3, 0.4) is 0 Å². The Bertz CT molecular complexity index is 905. The third-order valence-electron chi connectivity index (χ3n) is 5.93. The first kappa shape index (κ1) is 18.6. The number of hydrogen-bond donors (Lipinski definition) is 0. The first-order valence-electron chi connectivity index (χ1n) is 10.0. The van der Waals surface area contributed by atoms with Crippen molar-refractivity contribution in [2.45, 2.75) is 59.0 Å². The Kier molecular flexibility index (Phi) is 5.32. The molecule has 0 bridgehead atoms. The van der Waals surface area contributed by atoms with E-state index in [0.29, 0.717) is 11.9 Å². The fraction of sp³-hybridized carbons (Fsp3) is 0.650. The molecule has 2 fully saturated rings. The van der Waals surface area contributed by atoms with Gasteiger partial charge in [0.05, 0.1) is 11.9 Å². The summed E-state index contributed by atoms with van der Waals surface area (Å²) in [5.41, 5.74) is 0.945. The minimum absolute atomic E-state index is 0.0465. The second-order valence-corrected chi connectivity index (χ2v) is 9.01. The number of hydrogen-bond acceptors (Lipinski definition) is 5. The van der Waals surface area contributed by atoms with Crippen LogP contribution in [0.1, 0.15) is 48.4 Å². The van der Waals surface area contributed by atoms with Crippen LogP contribution in [0, 0.1) is 13.8 Å². The van der Waals surface area contributed by atoms with E-state index in [-0.39, 0.29) is 18.0 Å². The van der Waals surface area contributed by atoms with E-state index in [4.69, 9.17) is 4.98 Å². The molecule has 27 heavy (non-hydrogen) atoms. The van der Waals surface area contributed by atoms with E-state index in [9.17, 15) is 9.59 Å². The molecule has 7 heteroatoms. The molecular weight excluding hydrogens is 360 g/mol. The van der Waals surface area contributed by atoms with Crippen LogP contribution in [0.4, 0.5) is 0 Å². The van der Waals surface area contributed by atoms with Gasteiger partial charge in [0.25, 0.3) is 5.56 Å². The van der Waals surface area contributed by atoms with Crippen molar-refractivity contribution in [2.24, 2.45) is 0 Å². The molecule has 0 saturated carbocycles. The second kappa shape index (κ2) is 7.72. The van der Waals surface area contributed by atoms with E-state index in [1.165, 1.54) is 19.3 Å². The number of aromatic nitrogens is 2. The van der Waals surface area contributed by atoms with Crippen LogP contribution in [0.15, 0.2) is 4.79 Å². The molecule has 1 amide bonds. The lowest BCUT2D eigenvalue weighted by Gasteiger charge is -2.27. The summed E-state index contributed by atoms with van der Waals surface area (Å²) < 4.78 is 1.65. The monoisotopic (exact) mass is 388 g/mol. The summed E-state index contributed by atoms with van der Waals surface area (Å²) in [7, 11) is 0. The van der Waals surface area contributed by atoms with Crippen LogP contribution in [0.5, 0.6) is 0 Å². The predicted octanol–water partition coefficient (Wildman–Crippen LogP) is 2.68. The number of carbonyl (C=O) groups excluding carboxylic acids is 1. The fourth-order valence-electron chi connectivity index (χ4n) is 4.17. The third kappa shape index (κ3) is 3.67. The largest absolute Gasteiger partial charge is 0.341 e. The Labute approximate surface area is 163 Å². The molecule has 4 heterocycles. The highest BCUT2D eigenvalue weighted by atomic mass is 32.1. The number of piperidine rings is 1. The molecule has 4 rings (SSSR count). The molecule has 0 aliphatic carbocycles. The number of amides is 1. The molecule has 0 atom stereocenters. The van der Waals surface area contributed by atoms with Crippen LogP contribution in [-0.2, 0) is 17.9 Å². The normalized spacial score (nSPS) is 18.5. The topological polar surface area (TPSA) is 58.4 Å². The number of aryl methyl sites for hydroxylation is 2. The lowest BCUT2D eigenvalue weighted by Crippen LogP contribution is -2.41. The smallest absolute Gasteiger partial charge is 0.263 e. The highest BCUT2D eigenvalue weighted by molar-refractivity contribution is 7.18. The van der Waals surface area contributed by atoms with Gasteiger partial charge in [0.15, 0.2) is 0 Å². The summed E-state index contributed by atoms with van der Waals surface area (Å²) in [6.45, 7) is 8.46. The van der Waals surface area contributed by atoms with Crippen molar-refractivity contribution >= 4 is 27.5 Å². The molecule has 2 aromatic heterocycles. The molecule has 0 radical (unpaired) electrons. The quantitative estimate of drug-likeness (QED) is 0.808. The van der Waals surface area contributed by atoms with Crippen LogP contribution >= 0.6 is 11.3 Å². The standard InChI is InChI=1S/C20H28N4O2S/c1-14-15(2)27-19-18(14)20(26)24(13-17(25)23-10-4-3-5-11-23)16(21-19)12-22-8-6-7-9-22/h3-13H2,1-2H3. The minimum atomic E-state index is -0.0543. The Morgan fingerprint density at radius 1 is 1.04 bits per heavy atom. The molecule has 2 saturated heterocycles. The van der Waals surface area contributed by atoms with Gasteiger partial charge in [-0.25, -0.2) is 4.98 Å². The van der Waals surface area contributed by atoms with Gasteiger partial charge in [0, 0.05) is 18.0 Å². The molecule has 2 aliphatic rings. The van der Waals surface area contributed by atoms with E-state index in [2.05, 4.69) is 4.90 Å². The molecular formula is C20H28N4O2S. The van der Waals surface area contributed by atoms with Crippen molar-refractivity contribution < 1.29 is 4.79 Å². The van der Waals surface area contributed by atoms with Gasteiger partial charge in [-0.3, -0.25) is 19.1 Å². The van der Waals surface area contributed by atoms with Crippen LogP contribution in [0.25, 0.3) is 10.2 Å². The van der Waals surface area contributed by atoms with Gasteiger partial charge in [0.1, 0.15) is 17.2 Å². The van der Waals surface area contributed by atoms with Gasteiger partial charge in [-0.1, -0.05) is 0 Å². The SMILES string of the molecule is Cc1sc2nc(CN3CCCC3)n(CC(=O)N3CCCCC3)c(=O)c2c1C. The number of thiophene rings is 1. The van der Waals surface area contributed by atoms with Gasteiger partial charge in [-0.15, -0.1) is 11.3 Å². The molecule has 0 unspecified atom stereocenters. The predicted molar refractivity (Wildman–Crippen MR) is 108 cm³/mol. The number of fused-ring (bicyclic) bond motifs is 1. The Morgan fingerprint density at radius 2 is 1.70 bits per heavy atom. The Morgan fingerprint density at radius 3 is 2.41 bits per heavy atom. The number of likely N-dealkylation sites (tertiary alicyclic amines) is 2. The van der Waals surface area contributed by atoms with Gasteiger partial charge in [-0.2, -0.15) is 0 Å². The van der Waals surface area contributed by atoms with Crippen LogP contribution < -0.4 is 5.56 Å². The van der Waals surface area contributed by atoms with E-state index in [1.807, 2.05) is 18.7 Å². The first-order chi connectivity index (χ1) is 13.0. The maximum absolute atomic E-state index is 13.3. The summed E-state index contributed by atoms with van der Waals surface area (Å²) in [6, 6.07) is 0. The second-order valence-electron chi connectivity index (χ2n) is 7.81. The molecule has 2 aliphatic heterocycles. The summed E-state index contributed by atoms with van der Waals surface area (Å²) in [6.07, 6.45) is 5.68. The lowest BCUT2D eigenvalue weighted by atomic mass is 10.1. The zero-order valence-electron chi connectivity index (χ0n) is 16.3. The van der Waals surface area contributed by atoms with Crippen LogP contribution in [0.2, 0.25) is 0 Å². The van der Waals surface area contributed by atoms with Crippen molar-refractivity contribution in [1.29, 1.82) is 0 Å². The van der Waals surface area contributed by atoms with Crippen LogP contribution in [-0.4, -0.2) is 51.4 Å². The van der Waals surface area contributed by atoms with E-state index >= 15 is 0 Å². The molecule has 0 aromatic carbocycles. The van der Waals surface area contributed by atoms with Gasteiger partial charge < -0.3 is 4.90 Å². The fourth-order valence-corrected chi connectivity index (χ4v) is 5.21. The Balaban J connectivity index is 1.72. The third-order valence-corrected chi connectivity index (χ3v) is 7.03. The lowest BCUT2D eigenvalue weighted by molar-refractivity contribution is -0.132.